The molecule has 6 nitrogen and oxygen atoms in total. The highest BCUT2D eigenvalue weighted by atomic mass is 35.5. The van der Waals surface area contributed by atoms with Crippen LogP contribution in [0.25, 0.3) is 0 Å². The summed E-state index contributed by atoms with van der Waals surface area (Å²) in [6, 6.07) is 12.3. The molecule has 0 radical (unpaired) electrons. The third-order valence-electron chi connectivity index (χ3n) is 5.76. The van der Waals surface area contributed by atoms with Crippen LogP contribution in [0.5, 0.6) is 5.75 Å². The molecule has 2 aliphatic rings. The van der Waals surface area contributed by atoms with Gasteiger partial charge in [0.15, 0.2) is 5.11 Å². The number of ether oxygens (including phenoxy) is 1. The van der Waals surface area contributed by atoms with Crippen molar-refractivity contribution in [2.24, 2.45) is 0 Å². The number of hydrogen-bond donors (Lipinski definition) is 1. The van der Waals surface area contributed by atoms with Gasteiger partial charge in [-0.3, -0.25) is 14.9 Å². The quantitative estimate of drug-likeness (QED) is 0.682. The first-order valence-corrected chi connectivity index (χ1v) is 11.0. The van der Waals surface area contributed by atoms with Crippen LogP contribution in [0.3, 0.4) is 0 Å². The summed E-state index contributed by atoms with van der Waals surface area (Å²) in [5, 5.41) is 3.90. The Morgan fingerprint density at radius 2 is 1.90 bits per heavy atom. The second-order valence-electron chi connectivity index (χ2n) is 7.62. The van der Waals surface area contributed by atoms with E-state index < -0.39 is 0 Å². The van der Waals surface area contributed by atoms with E-state index in [0.717, 1.165) is 5.56 Å². The van der Waals surface area contributed by atoms with Gasteiger partial charge >= 0.3 is 0 Å². The van der Waals surface area contributed by atoms with Crippen LogP contribution in [0.2, 0.25) is 10.0 Å². The Kier molecular flexibility index (Phi) is 6.36. The summed E-state index contributed by atoms with van der Waals surface area (Å²) in [7, 11) is 1.59. The number of benzene rings is 2. The zero-order valence-corrected chi connectivity index (χ0v) is 19.1. The molecule has 9 heteroatoms. The normalized spacial score (nSPS) is 20.4. The van der Waals surface area contributed by atoms with Crippen LogP contribution in [-0.2, 0) is 4.79 Å². The fourth-order valence-corrected chi connectivity index (χ4v) is 4.98. The number of nitrogens with zero attached hydrogens (tertiary/aromatic N) is 2. The van der Waals surface area contributed by atoms with E-state index in [1.807, 2.05) is 11.0 Å². The molecular weight excluding hydrogens is 457 g/mol. The zero-order chi connectivity index (χ0) is 22.1. The lowest BCUT2D eigenvalue weighted by Gasteiger charge is -2.38. The molecule has 31 heavy (non-hydrogen) atoms. The molecule has 2 atom stereocenters. The molecule has 0 aromatic heterocycles. The summed E-state index contributed by atoms with van der Waals surface area (Å²) in [6.45, 7) is 1.20. The van der Waals surface area contributed by atoms with E-state index in [2.05, 4.69) is 5.32 Å². The Morgan fingerprint density at radius 1 is 1.16 bits per heavy atom. The summed E-state index contributed by atoms with van der Waals surface area (Å²) >= 11 is 18.2. The number of rotatable bonds is 3. The van der Waals surface area contributed by atoms with Gasteiger partial charge in [-0.1, -0.05) is 41.4 Å². The molecule has 2 aromatic rings. The van der Waals surface area contributed by atoms with Crippen LogP contribution in [0.15, 0.2) is 42.5 Å². The maximum absolute atomic E-state index is 12.9. The van der Waals surface area contributed by atoms with Crippen molar-refractivity contribution in [1.29, 1.82) is 0 Å². The predicted octanol–water partition coefficient (Wildman–Crippen LogP) is 3.72. The second-order valence-corrected chi connectivity index (χ2v) is 8.79. The minimum absolute atomic E-state index is 0.00234. The van der Waals surface area contributed by atoms with E-state index in [1.54, 1.807) is 48.4 Å². The van der Waals surface area contributed by atoms with Crippen molar-refractivity contribution in [3.63, 3.8) is 0 Å². The molecule has 2 heterocycles. The Labute approximate surface area is 196 Å². The Hall–Kier alpha value is -2.35. The molecule has 2 aromatic carbocycles. The highest BCUT2D eigenvalue weighted by Crippen LogP contribution is 2.44. The van der Waals surface area contributed by atoms with Crippen LogP contribution in [0.1, 0.15) is 28.3 Å². The standard InChI is InChI=1S/C22H21Cl2N3O3S/c1-30-17-8-7-16(23)20(24)19(17)14-9-15-11-26(12-18(28)27(15)10-14)22(31)25-21(29)13-5-3-2-4-6-13/h2-8,14-15H,9-12H2,1H3,(H,25,29,31)/t14?,15-/m0/s1. The molecule has 2 fully saturated rings. The molecule has 0 aliphatic carbocycles. The van der Waals surface area contributed by atoms with Crippen LogP contribution < -0.4 is 10.1 Å². The highest BCUT2D eigenvalue weighted by Gasteiger charge is 2.42. The van der Waals surface area contributed by atoms with Crippen molar-refractivity contribution < 1.29 is 14.3 Å². The average molecular weight is 478 g/mol. The van der Waals surface area contributed by atoms with E-state index in [9.17, 15) is 9.59 Å². The summed E-state index contributed by atoms with van der Waals surface area (Å²) in [5.74, 6) is 0.337. The fourth-order valence-electron chi connectivity index (χ4n) is 4.28. The van der Waals surface area contributed by atoms with Crippen molar-refractivity contribution in [2.75, 3.05) is 26.7 Å². The van der Waals surface area contributed by atoms with Gasteiger partial charge in [0.2, 0.25) is 5.91 Å². The lowest BCUT2D eigenvalue weighted by molar-refractivity contribution is -0.135. The van der Waals surface area contributed by atoms with E-state index in [1.165, 1.54) is 0 Å². The molecule has 162 valence electrons. The minimum Gasteiger partial charge on any atom is -0.496 e. The number of methoxy groups -OCH3 is 1. The lowest BCUT2D eigenvalue weighted by atomic mass is 9.95. The van der Waals surface area contributed by atoms with E-state index in [0.29, 0.717) is 40.9 Å². The topological polar surface area (TPSA) is 61.9 Å². The molecule has 2 saturated heterocycles. The SMILES string of the molecule is COc1ccc(Cl)c(Cl)c1C1C[C@H]2CN(C(=S)NC(=O)c3ccccc3)CC(=O)N2C1. The number of carbonyl (C=O) groups is 2. The van der Waals surface area contributed by atoms with Crippen molar-refractivity contribution in [3.8, 4) is 5.75 Å². The smallest absolute Gasteiger partial charge is 0.257 e. The summed E-state index contributed by atoms with van der Waals surface area (Å²) in [5.41, 5.74) is 1.34. The number of nitrogens with one attached hydrogen (secondary N) is 1. The van der Waals surface area contributed by atoms with Crippen LogP contribution in [0, 0.1) is 0 Å². The molecule has 1 N–H and O–H groups in total. The fraction of sp³-hybridized carbons (Fsp3) is 0.318. The van der Waals surface area contributed by atoms with Gasteiger partial charge in [0.1, 0.15) is 5.75 Å². The number of fused-ring (bicyclic) bond motifs is 1. The first-order chi connectivity index (χ1) is 14.9. The lowest BCUT2D eigenvalue weighted by Crippen LogP contribution is -2.57. The summed E-state index contributed by atoms with van der Waals surface area (Å²) < 4.78 is 5.49. The van der Waals surface area contributed by atoms with Gasteiger partial charge in [-0.25, -0.2) is 0 Å². The highest BCUT2D eigenvalue weighted by molar-refractivity contribution is 7.80. The molecular formula is C22H21Cl2N3O3S. The van der Waals surface area contributed by atoms with E-state index in [4.69, 9.17) is 40.2 Å². The van der Waals surface area contributed by atoms with Gasteiger partial charge in [0.05, 0.1) is 23.7 Å². The van der Waals surface area contributed by atoms with Gasteiger partial charge < -0.3 is 14.5 Å². The third kappa shape index (κ3) is 4.35. The van der Waals surface area contributed by atoms with Crippen LogP contribution >= 0.6 is 35.4 Å². The number of hydrogen-bond acceptors (Lipinski definition) is 4. The minimum atomic E-state index is -0.291. The molecule has 2 amide bonds. The Bertz CT molecular complexity index is 1030. The molecule has 0 bridgehead atoms. The van der Waals surface area contributed by atoms with Crippen molar-refractivity contribution >= 4 is 52.3 Å². The summed E-state index contributed by atoms with van der Waals surface area (Å²) in [6.07, 6.45) is 0.702. The van der Waals surface area contributed by atoms with Gasteiger partial charge in [-0.05, 0) is 42.9 Å². The summed E-state index contributed by atoms with van der Waals surface area (Å²) in [4.78, 5) is 28.9. The van der Waals surface area contributed by atoms with Crippen molar-refractivity contribution in [1.82, 2.24) is 15.1 Å². The third-order valence-corrected chi connectivity index (χ3v) is 6.94. The number of carbonyl (C=O) groups excluding carboxylic acids is 2. The Morgan fingerprint density at radius 3 is 2.61 bits per heavy atom. The Balaban J connectivity index is 1.48. The number of halogens is 2. The van der Waals surface area contributed by atoms with Gasteiger partial charge in [-0.15, -0.1) is 0 Å². The zero-order valence-electron chi connectivity index (χ0n) is 16.8. The molecule has 1 unspecified atom stereocenters. The molecule has 4 rings (SSSR count). The average Bonchev–Trinajstić information content (AvgIpc) is 3.20. The van der Waals surface area contributed by atoms with Gasteiger partial charge in [0, 0.05) is 36.2 Å². The largest absolute Gasteiger partial charge is 0.496 e. The van der Waals surface area contributed by atoms with E-state index in [-0.39, 0.29) is 35.4 Å². The van der Waals surface area contributed by atoms with E-state index >= 15 is 0 Å². The van der Waals surface area contributed by atoms with Gasteiger partial charge in [0.25, 0.3) is 5.91 Å². The van der Waals surface area contributed by atoms with Crippen LogP contribution in [-0.4, -0.2) is 59.5 Å². The number of thiocarbonyl (C=S) groups is 1. The molecule has 0 saturated carbocycles. The first kappa shape index (κ1) is 21.9. The van der Waals surface area contributed by atoms with Crippen LogP contribution in [0.4, 0.5) is 0 Å². The molecule has 2 aliphatic heterocycles. The number of amides is 2. The number of piperazine rings is 1. The first-order valence-electron chi connectivity index (χ1n) is 9.85. The maximum atomic E-state index is 12.9. The van der Waals surface area contributed by atoms with Crippen molar-refractivity contribution in [2.45, 2.75) is 18.4 Å². The maximum Gasteiger partial charge on any atom is 0.257 e. The van der Waals surface area contributed by atoms with Gasteiger partial charge in [-0.2, -0.15) is 0 Å². The van der Waals surface area contributed by atoms with Crippen molar-refractivity contribution in [3.05, 3.63) is 63.6 Å². The monoisotopic (exact) mass is 477 g/mol. The predicted molar refractivity (Wildman–Crippen MR) is 124 cm³/mol. The second kappa shape index (κ2) is 9.02. The molecule has 0 spiro atoms.